The van der Waals surface area contributed by atoms with E-state index >= 15 is 0 Å². The lowest BCUT2D eigenvalue weighted by Gasteiger charge is -2.15. The highest BCUT2D eigenvalue weighted by Crippen LogP contribution is 2.33. The number of benzene rings is 1. The van der Waals surface area contributed by atoms with Crippen LogP contribution in [0.5, 0.6) is 5.75 Å². The minimum atomic E-state index is 0.0211. The predicted molar refractivity (Wildman–Crippen MR) is 86.2 cm³/mol. The van der Waals surface area contributed by atoms with E-state index in [4.69, 9.17) is 33.7 Å². The van der Waals surface area contributed by atoms with Crippen LogP contribution < -0.4 is 10.5 Å². The van der Waals surface area contributed by atoms with Crippen molar-refractivity contribution in [3.05, 3.63) is 46.5 Å². The summed E-state index contributed by atoms with van der Waals surface area (Å²) in [6.07, 6.45) is 7.02. The van der Waals surface area contributed by atoms with E-state index < -0.39 is 0 Å². The van der Waals surface area contributed by atoms with E-state index in [1.165, 1.54) is 0 Å². The summed E-state index contributed by atoms with van der Waals surface area (Å²) < 4.78 is 7.85. The van der Waals surface area contributed by atoms with Crippen LogP contribution in [-0.2, 0) is 13.0 Å². The predicted octanol–water partition coefficient (Wildman–Crippen LogP) is 3.55. The van der Waals surface area contributed by atoms with Gasteiger partial charge in [-0.05, 0) is 37.5 Å². The summed E-state index contributed by atoms with van der Waals surface area (Å²) in [6, 6.07) is 3.58. The summed E-state index contributed by atoms with van der Waals surface area (Å²) in [4.78, 5) is 4.00. The third-order valence-corrected chi connectivity index (χ3v) is 3.49. The lowest BCUT2D eigenvalue weighted by Crippen LogP contribution is -2.18. The van der Waals surface area contributed by atoms with Crippen molar-refractivity contribution in [2.24, 2.45) is 5.73 Å². The van der Waals surface area contributed by atoms with E-state index in [-0.39, 0.29) is 6.04 Å². The van der Waals surface area contributed by atoms with Gasteiger partial charge in [-0.3, -0.25) is 0 Å². The molecule has 1 unspecified atom stereocenters. The van der Waals surface area contributed by atoms with Gasteiger partial charge in [0, 0.05) is 30.0 Å². The zero-order chi connectivity index (χ0) is 15.2. The molecule has 1 atom stereocenters. The quantitative estimate of drug-likeness (QED) is 0.791. The molecule has 0 fully saturated rings. The lowest BCUT2D eigenvalue weighted by atomic mass is 10.1. The van der Waals surface area contributed by atoms with Crippen LogP contribution >= 0.6 is 23.2 Å². The van der Waals surface area contributed by atoms with E-state index in [0.29, 0.717) is 28.8 Å². The molecule has 114 valence electrons. The van der Waals surface area contributed by atoms with Gasteiger partial charge in [0.2, 0.25) is 0 Å². The van der Waals surface area contributed by atoms with Crippen LogP contribution in [0.2, 0.25) is 10.0 Å². The normalized spacial score (nSPS) is 12.4. The van der Waals surface area contributed by atoms with Gasteiger partial charge in [-0.1, -0.05) is 23.2 Å². The maximum atomic E-state index is 6.23. The number of aryl methyl sites for hydroxylation is 1. The van der Waals surface area contributed by atoms with Gasteiger partial charge in [0.1, 0.15) is 5.75 Å². The molecule has 2 rings (SSSR count). The van der Waals surface area contributed by atoms with Crippen LogP contribution in [0.25, 0.3) is 0 Å². The number of hydrogen-bond acceptors (Lipinski definition) is 3. The highest BCUT2D eigenvalue weighted by molar-refractivity contribution is 6.35. The Morgan fingerprint density at radius 2 is 2.19 bits per heavy atom. The fourth-order valence-electron chi connectivity index (χ4n) is 2.11. The zero-order valence-electron chi connectivity index (χ0n) is 11.9. The van der Waals surface area contributed by atoms with Crippen LogP contribution in [0.15, 0.2) is 30.9 Å². The largest absolute Gasteiger partial charge is 0.492 e. The Morgan fingerprint density at radius 3 is 2.86 bits per heavy atom. The maximum Gasteiger partial charge on any atom is 0.141 e. The van der Waals surface area contributed by atoms with Gasteiger partial charge in [0.25, 0.3) is 0 Å². The van der Waals surface area contributed by atoms with E-state index in [0.717, 1.165) is 18.5 Å². The Labute approximate surface area is 134 Å². The second-order valence-electron chi connectivity index (χ2n) is 5.06. The zero-order valence-corrected chi connectivity index (χ0v) is 13.4. The Hall–Kier alpha value is -1.23. The number of hydrogen-bond donors (Lipinski definition) is 1. The van der Waals surface area contributed by atoms with Crippen LogP contribution in [-0.4, -0.2) is 22.2 Å². The van der Waals surface area contributed by atoms with Gasteiger partial charge in [-0.15, -0.1) is 0 Å². The minimum Gasteiger partial charge on any atom is -0.492 e. The molecule has 6 heteroatoms. The SMILES string of the molecule is CC(N)Cc1cc(Cl)cc(Cl)c1OCCCn1ccnc1. The fourth-order valence-corrected chi connectivity index (χ4v) is 2.70. The monoisotopic (exact) mass is 327 g/mol. The second kappa shape index (κ2) is 7.69. The highest BCUT2D eigenvalue weighted by atomic mass is 35.5. The van der Waals surface area contributed by atoms with Gasteiger partial charge < -0.3 is 15.0 Å². The van der Waals surface area contributed by atoms with Gasteiger partial charge >= 0.3 is 0 Å². The third kappa shape index (κ3) is 4.92. The Morgan fingerprint density at radius 1 is 1.38 bits per heavy atom. The molecule has 0 saturated carbocycles. The number of rotatable bonds is 7. The molecule has 2 N–H and O–H groups in total. The van der Waals surface area contributed by atoms with Crippen LogP contribution in [0.4, 0.5) is 0 Å². The number of nitrogens with two attached hydrogens (primary N) is 1. The standard InChI is InChI=1S/C15H19Cl2N3O/c1-11(18)7-12-8-13(16)9-14(17)15(12)21-6-2-4-20-5-3-19-10-20/h3,5,8-11H,2,4,6-7,18H2,1H3. The second-order valence-corrected chi connectivity index (χ2v) is 5.90. The van der Waals surface area contributed by atoms with Crippen molar-refractivity contribution in [3.8, 4) is 5.75 Å². The van der Waals surface area contributed by atoms with Crippen molar-refractivity contribution in [2.45, 2.75) is 32.4 Å². The maximum absolute atomic E-state index is 6.23. The van der Waals surface area contributed by atoms with Crippen LogP contribution in [0.3, 0.4) is 0 Å². The summed E-state index contributed by atoms with van der Waals surface area (Å²) >= 11 is 12.3. The molecule has 0 bridgehead atoms. The molecule has 4 nitrogen and oxygen atoms in total. The molecular weight excluding hydrogens is 309 g/mol. The number of halogens is 2. The average molecular weight is 328 g/mol. The summed E-state index contributed by atoms with van der Waals surface area (Å²) in [5, 5.41) is 1.13. The molecule has 0 saturated heterocycles. The summed E-state index contributed by atoms with van der Waals surface area (Å²) in [6.45, 7) is 3.37. The number of imidazole rings is 1. The van der Waals surface area contributed by atoms with Crippen LogP contribution in [0, 0.1) is 0 Å². The molecule has 0 aliphatic heterocycles. The van der Waals surface area contributed by atoms with Crippen molar-refractivity contribution in [1.29, 1.82) is 0 Å². The van der Waals surface area contributed by atoms with E-state index in [1.807, 2.05) is 23.8 Å². The fraction of sp³-hybridized carbons (Fsp3) is 0.400. The molecule has 1 aromatic carbocycles. The van der Waals surface area contributed by atoms with E-state index in [2.05, 4.69) is 4.98 Å². The molecule has 0 amide bonds. The smallest absolute Gasteiger partial charge is 0.141 e. The molecule has 0 spiro atoms. The van der Waals surface area contributed by atoms with Crippen molar-refractivity contribution >= 4 is 23.2 Å². The van der Waals surface area contributed by atoms with Crippen molar-refractivity contribution < 1.29 is 4.74 Å². The minimum absolute atomic E-state index is 0.0211. The molecule has 21 heavy (non-hydrogen) atoms. The van der Waals surface area contributed by atoms with E-state index in [9.17, 15) is 0 Å². The Balaban J connectivity index is 1.97. The van der Waals surface area contributed by atoms with E-state index in [1.54, 1.807) is 18.6 Å². The Bertz CT molecular complexity index is 571. The first-order chi connectivity index (χ1) is 10.1. The molecule has 0 aliphatic rings. The van der Waals surface area contributed by atoms with Gasteiger partial charge in [-0.2, -0.15) is 0 Å². The first-order valence-corrected chi connectivity index (χ1v) is 7.64. The topological polar surface area (TPSA) is 53.1 Å². The van der Waals surface area contributed by atoms with Crippen LogP contribution in [0.1, 0.15) is 18.9 Å². The third-order valence-electron chi connectivity index (χ3n) is 2.99. The number of aromatic nitrogens is 2. The van der Waals surface area contributed by atoms with Crippen molar-refractivity contribution in [3.63, 3.8) is 0 Å². The molecule has 0 aliphatic carbocycles. The number of nitrogens with zero attached hydrogens (tertiary/aromatic N) is 2. The molecule has 1 aromatic heterocycles. The summed E-state index contributed by atoms with van der Waals surface area (Å²) in [7, 11) is 0. The summed E-state index contributed by atoms with van der Waals surface area (Å²) in [5.74, 6) is 0.684. The van der Waals surface area contributed by atoms with Gasteiger partial charge in [-0.25, -0.2) is 4.98 Å². The van der Waals surface area contributed by atoms with Gasteiger partial charge in [0.05, 0.1) is 18.0 Å². The molecule has 1 heterocycles. The summed E-state index contributed by atoms with van der Waals surface area (Å²) in [5.41, 5.74) is 6.81. The first kappa shape index (κ1) is 16.1. The first-order valence-electron chi connectivity index (χ1n) is 6.88. The molecule has 2 aromatic rings. The molecule has 0 radical (unpaired) electrons. The van der Waals surface area contributed by atoms with Crippen molar-refractivity contribution in [1.82, 2.24) is 9.55 Å². The molecular formula is C15H19Cl2N3O. The van der Waals surface area contributed by atoms with Gasteiger partial charge in [0.15, 0.2) is 0 Å². The average Bonchev–Trinajstić information content (AvgIpc) is 2.89. The Kier molecular flexibility index (Phi) is 5.91. The number of ether oxygens (including phenoxy) is 1. The lowest BCUT2D eigenvalue weighted by molar-refractivity contribution is 0.298. The highest BCUT2D eigenvalue weighted by Gasteiger charge is 2.12. The van der Waals surface area contributed by atoms with Crippen molar-refractivity contribution in [2.75, 3.05) is 6.61 Å².